The van der Waals surface area contributed by atoms with Crippen LogP contribution in [0, 0.1) is 0 Å². The molecular weight excluding hydrogens is 512 g/mol. The van der Waals surface area contributed by atoms with Gasteiger partial charge in [0.05, 0.1) is 44.1 Å². The van der Waals surface area contributed by atoms with Crippen LogP contribution in [0.3, 0.4) is 0 Å². The van der Waals surface area contributed by atoms with E-state index in [0.29, 0.717) is 0 Å². The van der Waals surface area contributed by atoms with Gasteiger partial charge in [0.25, 0.3) is 0 Å². The van der Waals surface area contributed by atoms with Gasteiger partial charge in [0.1, 0.15) is 0 Å². The molecule has 0 aliphatic rings. The Labute approximate surface area is 240 Å². The fourth-order valence-electron chi connectivity index (χ4n) is 7.19. The Bertz CT molecular complexity index is 2400. The predicted molar refractivity (Wildman–Crippen MR) is 176 cm³/mol. The number of benzene rings is 6. The van der Waals surface area contributed by atoms with E-state index in [2.05, 4.69) is 153 Å². The first kappa shape index (κ1) is 22.0. The molecule has 0 spiro atoms. The Morgan fingerprint density at radius 1 is 0.333 bits per heavy atom. The number of rotatable bonds is 2. The van der Waals surface area contributed by atoms with Gasteiger partial charge < -0.3 is 19.1 Å². The van der Waals surface area contributed by atoms with Gasteiger partial charge in [-0.3, -0.25) is 0 Å². The van der Waals surface area contributed by atoms with Crippen LogP contribution < -0.4 is 0 Å². The molecule has 0 aliphatic heterocycles. The molecule has 0 atom stereocenters. The topological polar surface area (TPSA) is 41.4 Å². The number of hydrogen-bond donors (Lipinski definition) is 2. The normalized spacial score (nSPS) is 12.3. The lowest BCUT2D eigenvalue weighted by atomic mass is 10.2. The maximum absolute atomic E-state index is 3.76. The molecule has 4 nitrogen and oxygen atoms in total. The van der Waals surface area contributed by atoms with E-state index in [1.165, 1.54) is 54.4 Å². The number of hydrogen-bond acceptors (Lipinski definition) is 0. The van der Waals surface area contributed by atoms with E-state index < -0.39 is 0 Å². The number of fused-ring (bicyclic) bond motifs is 11. The maximum Gasteiger partial charge on any atom is 0.0725 e. The van der Waals surface area contributed by atoms with Gasteiger partial charge in [-0.15, -0.1) is 0 Å². The van der Waals surface area contributed by atoms with Crippen LogP contribution in [0.5, 0.6) is 0 Å². The van der Waals surface area contributed by atoms with E-state index in [-0.39, 0.29) is 0 Å². The van der Waals surface area contributed by atoms with Crippen molar-refractivity contribution in [3.63, 3.8) is 0 Å². The summed E-state index contributed by atoms with van der Waals surface area (Å²) in [7, 11) is 0. The van der Waals surface area contributed by atoms with E-state index in [4.69, 9.17) is 0 Å². The molecule has 196 valence electrons. The van der Waals surface area contributed by atoms with Crippen LogP contribution in [0.2, 0.25) is 0 Å². The molecule has 10 aromatic rings. The minimum atomic E-state index is 1.13. The standard InChI is InChI=1S/C38H24N4/c1-5-13-33-25(9-1)26-10-2-6-14-34(26)41(33)23-17-19-29-31(21-23)39-38-30-20-18-24(22-32(30)40-37(29)38)42-35-15-7-3-11-27(35)28-12-4-8-16-36(28)42/h1-22,39-40H. The van der Waals surface area contributed by atoms with Crippen molar-refractivity contribution in [2.45, 2.75) is 0 Å². The number of H-pyrrole nitrogens is 2. The lowest BCUT2D eigenvalue weighted by Gasteiger charge is -2.08. The SMILES string of the molecule is c1ccc2c(c1)c1ccccc1n2-c1ccc2c(c1)[nH]c1c3ccc(-n4c5ccccc5c5ccccc54)cc3[nH]c21. The zero-order chi connectivity index (χ0) is 27.4. The van der Waals surface area contributed by atoms with E-state index in [0.717, 1.165) is 33.4 Å². The molecule has 0 saturated heterocycles. The van der Waals surface area contributed by atoms with Crippen molar-refractivity contribution in [1.29, 1.82) is 0 Å². The molecule has 6 aromatic carbocycles. The van der Waals surface area contributed by atoms with Crippen LogP contribution >= 0.6 is 0 Å². The number of nitrogens with one attached hydrogen (secondary N) is 2. The van der Waals surface area contributed by atoms with Gasteiger partial charge in [0.15, 0.2) is 0 Å². The Morgan fingerprint density at radius 2 is 0.667 bits per heavy atom. The second kappa shape index (κ2) is 7.93. The summed E-state index contributed by atoms with van der Waals surface area (Å²) in [5.41, 5.74) is 11.7. The number of para-hydroxylation sites is 4. The van der Waals surface area contributed by atoms with Gasteiger partial charge in [0, 0.05) is 43.7 Å². The summed E-state index contributed by atoms with van der Waals surface area (Å²) in [6.07, 6.45) is 0. The van der Waals surface area contributed by atoms with Gasteiger partial charge in [-0.25, -0.2) is 0 Å². The number of nitrogens with zero attached hydrogens (tertiary/aromatic N) is 2. The monoisotopic (exact) mass is 536 g/mol. The highest BCUT2D eigenvalue weighted by Crippen LogP contribution is 2.37. The summed E-state index contributed by atoms with van der Waals surface area (Å²) < 4.78 is 4.74. The van der Waals surface area contributed by atoms with Gasteiger partial charge in [-0.2, -0.15) is 0 Å². The third-order valence-electron chi connectivity index (χ3n) is 8.99. The first-order valence-corrected chi connectivity index (χ1v) is 14.4. The Morgan fingerprint density at radius 3 is 1.02 bits per heavy atom. The quantitative estimate of drug-likeness (QED) is 0.221. The first-order chi connectivity index (χ1) is 20.8. The zero-order valence-electron chi connectivity index (χ0n) is 22.6. The highest BCUT2D eigenvalue weighted by molar-refractivity contribution is 6.18. The molecule has 2 N–H and O–H groups in total. The highest BCUT2D eigenvalue weighted by Gasteiger charge is 2.17. The fraction of sp³-hybridized carbons (Fsp3) is 0. The average molecular weight is 537 g/mol. The molecule has 0 radical (unpaired) electrons. The second-order valence-corrected chi connectivity index (χ2v) is 11.2. The third-order valence-corrected chi connectivity index (χ3v) is 8.99. The van der Waals surface area contributed by atoms with Crippen LogP contribution in [0.4, 0.5) is 0 Å². The summed E-state index contributed by atoms with van der Waals surface area (Å²) in [4.78, 5) is 7.52. The number of aromatic nitrogens is 4. The van der Waals surface area contributed by atoms with E-state index >= 15 is 0 Å². The highest BCUT2D eigenvalue weighted by atomic mass is 15.0. The molecule has 42 heavy (non-hydrogen) atoms. The smallest absolute Gasteiger partial charge is 0.0725 e. The lowest BCUT2D eigenvalue weighted by Crippen LogP contribution is -1.93. The molecule has 10 rings (SSSR count). The molecule has 4 heteroatoms. The van der Waals surface area contributed by atoms with E-state index in [9.17, 15) is 0 Å². The van der Waals surface area contributed by atoms with Gasteiger partial charge in [-0.1, -0.05) is 72.8 Å². The van der Waals surface area contributed by atoms with Crippen LogP contribution in [0.1, 0.15) is 0 Å². The van der Waals surface area contributed by atoms with E-state index in [1.807, 2.05) is 0 Å². The third kappa shape index (κ3) is 2.80. The van der Waals surface area contributed by atoms with Crippen molar-refractivity contribution in [1.82, 2.24) is 19.1 Å². The van der Waals surface area contributed by atoms with Crippen molar-refractivity contribution < 1.29 is 0 Å². The van der Waals surface area contributed by atoms with Crippen LogP contribution in [0.15, 0.2) is 133 Å². The second-order valence-electron chi connectivity index (χ2n) is 11.2. The van der Waals surface area contributed by atoms with Crippen LogP contribution in [-0.4, -0.2) is 19.1 Å². The molecule has 0 fully saturated rings. The summed E-state index contributed by atoms with van der Waals surface area (Å²) in [6.45, 7) is 0. The summed E-state index contributed by atoms with van der Waals surface area (Å²) in [5, 5.41) is 7.50. The Hall–Kier alpha value is -5.74. The molecule has 4 aromatic heterocycles. The Balaban J connectivity index is 1.17. The van der Waals surface area contributed by atoms with Crippen molar-refractivity contribution in [2.75, 3.05) is 0 Å². The lowest BCUT2D eigenvalue weighted by molar-refractivity contribution is 1.18. The average Bonchev–Trinajstić information content (AvgIpc) is 3.77. The molecule has 0 unspecified atom stereocenters. The van der Waals surface area contributed by atoms with Crippen LogP contribution in [0.25, 0.3) is 87.8 Å². The minimum absolute atomic E-state index is 1.13. The molecule has 0 saturated carbocycles. The van der Waals surface area contributed by atoms with Gasteiger partial charge in [-0.05, 0) is 60.7 Å². The van der Waals surface area contributed by atoms with Gasteiger partial charge >= 0.3 is 0 Å². The molecule has 0 bridgehead atoms. The minimum Gasteiger partial charge on any atom is -0.353 e. The summed E-state index contributed by atoms with van der Waals surface area (Å²) in [6, 6.07) is 48.2. The zero-order valence-corrected chi connectivity index (χ0v) is 22.6. The summed E-state index contributed by atoms with van der Waals surface area (Å²) in [5.74, 6) is 0. The Kier molecular flexibility index (Phi) is 4.15. The molecule has 4 heterocycles. The fourth-order valence-corrected chi connectivity index (χ4v) is 7.19. The molecule has 0 aliphatic carbocycles. The van der Waals surface area contributed by atoms with Gasteiger partial charge in [0.2, 0.25) is 0 Å². The van der Waals surface area contributed by atoms with Crippen molar-refractivity contribution >= 4 is 76.5 Å². The largest absolute Gasteiger partial charge is 0.353 e. The first-order valence-electron chi connectivity index (χ1n) is 14.4. The molecule has 0 amide bonds. The van der Waals surface area contributed by atoms with Crippen molar-refractivity contribution in [2.24, 2.45) is 0 Å². The maximum atomic E-state index is 3.76. The van der Waals surface area contributed by atoms with Crippen LogP contribution in [-0.2, 0) is 0 Å². The summed E-state index contributed by atoms with van der Waals surface area (Å²) >= 11 is 0. The van der Waals surface area contributed by atoms with Crippen molar-refractivity contribution in [3.8, 4) is 11.4 Å². The predicted octanol–water partition coefficient (Wildman–Crippen LogP) is 10.00. The van der Waals surface area contributed by atoms with Crippen molar-refractivity contribution in [3.05, 3.63) is 133 Å². The van der Waals surface area contributed by atoms with E-state index in [1.54, 1.807) is 0 Å². The molecular formula is C38H24N4. The number of aromatic amines is 2.